The molecule has 1 aliphatic rings. The van der Waals surface area contributed by atoms with Gasteiger partial charge in [-0.3, -0.25) is 0 Å². The summed E-state index contributed by atoms with van der Waals surface area (Å²) < 4.78 is 27.2. The van der Waals surface area contributed by atoms with Crippen LogP contribution in [-0.2, 0) is 5.41 Å². The fourth-order valence-electron chi connectivity index (χ4n) is 3.61. The highest BCUT2D eigenvalue weighted by Gasteiger charge is 2.42. The Balaban J connectivity index is 2.05. The van der Waals surface area contributed by atoms with Gasteiger partial charge in [0.1, 0.15) is 11.6 Å². The van der Waals surface area contributed by atoms with Crippen LogP contribution in [0.1, 0.15) is 42.9 Å². The van der Waals surface area contributed by atoms with Crippen LogP contribution in [0.25, 0.3) is 0 Å². The lowest BCUT2D eigenvalue weighted by atomic mass is 9.70. The molecule has 1 unspecified atom stereocenters. The van der Waals surface area contributed by atoms with Gasteiger partial charge in [0.15, 0.2) is 0 Å². The molecule has 1 atom stereocenters. The van der Waals surface area contributed by atoms with Crippen LogP contribution in [0.4, 0.5) is 8.78 Å². The van der Waals surface area contributed by atoms with Crippen molar-refractivity contribution in [3.63, 3.8) is 0 Å². The van der Waals surface area contributed by atoms with Crippen LogP contribution < -0.4 is 5.73 Å². The molecule has 2 aromatic carbocycles. The molecular weight excluding hydrogens is 268 g/mol. The minimum absolute atomic E-state index is 0.250. The summed E-state index contributed by atoms with van der Waals surface area (Å²) in [7, 11) is 0. The van der Waals surface area contributed by atoms with E-state index in [9.17, 15) is 8.78 Å². The highest BCUT2D eigenvalue weighted by molar-refractivity contribution is 5.35. The first kappa shape index (κ1) is 14.2. The summed E-state index contributed by atoms with van der Waals surface area (Å²) in [5.41, 5.74) is 7.76. The van der Waals surface area contributed by atoms with Crippen molar-refractivity contribution in [1.29, 1.82) is 0 Å². The summed E-state index contributed by atoms with van der Waals surface area (Å²) in [5, 5.41) is 0. The predicted octanol–water partition coefficient (Wildman–Crippen LogP) is 4.48. The average Bonchev–Trinajstić information content (AvgIpc) is 2.98. The Labute approximate surface area is 123 Å². The lowest BCUT2D eigenvalue weighted by Gasteiger charge is -2.36. The molecule has 1 saturated carbocycles. The third-order valence-electron chi connectivity index (χ3n) is 4.74. The van der Waals surface area contributed by atoms with E-state index in [1.807, 2.05) is 18.2 Å². The van der Waals surface area contributed by atoms with Gasteiger partial charge in [0.05, 0.1) is 0 Å². The summed E-state index contributed by atoms with van der Waals surface area (Å²) >= 11 is 0. The molecule has 2 N–H and O–H groups in total. The Morgan fingerprint density at radius 3 is 2.24 bits per heavy atom. The molecule has 110 valence electrons. The van der Waals surface area contributed by atoms with E-state index in [2.05, 4.69) is 12.1 Å². The first-order chi connectivity index (χ1) is 10.1. The molecule has 21 heavy (non-hydrogen) atoms. The quantitative estimate of drug-likeness (QED) is 0.885. The molecule has 0 radical (unpaired) electrons. The zero-order chi connectivity index (χ0) is 14.9. The second kappa shape index (κ2) is 5.57. The van der Waals surface area contributed by atoms with Gasteiger partial charge in [-0.1, -0.05) is 49.2 Å². The van der Waals surface area contributed by atoms with E-state index in [0.717, 1.165) is 37.3 Å². The standard InChI is InChI=1S/C18H19F2N/c19-14-8-9-15(16(20)12-14)17(21)18(10-4-5-11-18)13-6-2-1-3-7-13/h1-3,6-9,12,17H,4-5,10-11,21H2. The summed E-state index contributed by atoms with van der Waals surface area (Å²) in [6.07, 6.45) is 4.06. The number of hydrogen-bond acceptors (Lipinski definition) is 1. The molecule has 0 heterocycles. The maximum absolute atomic E-state index is 14.1. The fraction of sp³-hybridized carbons (Fsp3) is 0.333. The molecule has 2 aromatic rings. The maximum Gasteiger partial charge on any atom is 0.130 e. The van der Waals surface area contributed by atoms with E-state index in [0.29, 0.717) is 5.56 Å². The molecule has 1 aliphatic carbocycles. The van der Waals surface area contributed by atoms with Gasteiger partial charge in [0.2, 0.25) is 0 Å². The molecule has 0 amide bonds. The Morgan fingerprint density at radius 2 is 1.62 bits per heavy atom. The van der Waals surface area contributed by atoms with Gasteiger partial charge in [-0.05, 0) is 24.5 Å². The van der Waals surface area contributed by atoms with Gasteiger partial charge in [0, 0.05) is 23.1 Å². The van der Waals surface area contributed by atoms with Crippen molar-refractivity contribution in [2.24, 2.45) is 5.73 Å². The van der Waals surface area contributed by atoms with E-state index >= 15 is 0 Å². The number of benzene rings is 2. The summed E-state index contributed by atoms with van der Waals surface area (Å²) in [4.78, 5) is 0. The Morgan fingerprint density at radius 1 is 0.952 bits per heavy atom. The topological polar surface area (TPSA) is 26.0 Å². The summed E-state index contributed by atoms with van der Waals surface area (Å²) in [5.74, 6) is -1.12. The largest absolute Gasteiger partial charge is 0.323 e. The SMILES string of the molecule is NC(c1ccc(F)cc1F)C1(c2ccccc2)CCCC1. The third kappa shape index (κ3) is 2.46. The summed E-state index contributed by atoms with van der Waals surface area (Å²) in [6.45, 7) is 0. The first-order valence-corrected chi connectivity index (χ1v) is 7.39. The van der Waals surface area contributed by atoms with Crippen LogP contribution in [0.3, 0.4) is 0 Å². The Hall–Kier alpha value is -1.74. The number of nitrogens with two attached hydrogens (primary N) is 1. The van der Waals surface area contributed by atoms with Crippen molar-refractivity contribution in [3.05, 3.63) is 71.3 Å². The molecule has 0 spiro atoms. The van der Waals surface area contributed by atoms with E-state index in [4.69, 9.17) is 5.73 Å². The van der Waals surface area contributed by atoms with Crippen LogP contribution >= 0.6 is 0 Å². The van der Waals surface area contributed by atoms with Crippen molar-refractivity contribution < 1.29 is 8.78 Å². The van der Waals surface area contributed by atoms with Crippen molar-refractivity contribution in [2.75, 3.05) is 0 Å². The van der Waals surface area contributed by atoms with Gasteiger partial charge in [0.25, 0.3) is 0 Å². The normalized spacial score (nSPS) is 18.6. The zero-order valence-corrected chi connectivity index (χ0v) is 11.9. The lowest BCUT2D eigenvalue weighted by molar-refractivity contribution is 0.347. The molecule has 0 aromatic heterocycles. The van der Waals surface area contributed by atoms with E-state index in [1.165, 1.54) is 12.1 Å². The molecular formula is C18H19F2N. The Bertz CT molecular complexity index is 618. The van der Waals surface area contributed by atoms with Gasteiger partial charge >= 0.3 is 0 Å². The number of rotatable bonds is 3. The fourth-order valence-corrected chi connectivity index (χ4v) is 3.61. The van der Waals surface area contributed by atoms with E-state index in [-0.39, 0.29) is 5.41 Å². The minimum Gasteiger partial charge on any atom is -0.323 e. The van der Waals surface area contributed by atoms with Gasteiger partial charge in [-0.2, -0.15) is 0 Å². The second-order valence-corrected chi connectivity index (χ2v) is 5.87. The molecule has 3 heteroatoms. The molecule has 1 fully saturated rings. The lowest BCUT2D eigenvalue weighted by Crippen LogP contribution is -2.37. The van der Waals surface area contributed by atoms with E-state index < -0.39 is 17.7 Å². The molecule has 3 rings (SSSR count). The first-order valence-electron chi connectivity index (χ1n) is 7.39. The van der Waals surface area contributed by atoms with Crippen LogP contribution in [0.2, 0.25) is 0 Å². The maximum atomic E-state index is 14.1. The predicted molar refractivity (Wildman–Crippen MR) is 79.9 cm³/mol. The Kier molecular flexibility index (Phi) is 3.77. The van der Waals surface area contributed by atoms with Crippen LogP contribution in [0.15, 0.2) is 48.5 Å². The summed E-state index contributed by atoms with van der Waals surface area (Å²) in [6, 6.07) is 13.3. The van der Waals surface area contributed by atoms with Crippen LogP contribution in [0.5, 0.6) is 0 Å². The number of halogens is 2. The smallest absolute Gasteiger partial charge is 0.130 e. The van der Waals surface area contributed by atoms with Gasteiger partial charge < -0.3 is 5.73 Å². The molecule has 0 saturated heterocycles. The average molecular weight is 287 g/mol. The minimum atomic E-state index is -0.566. The van der Waals surface area contributed by atoms with Crippen molar-refractivity contribution >= 4 is 0 Å². The second-order valence-electron chi connectivity index (χ2n) is 5.87. The van der Waals surface area contributed by atoms with Crippen LogP contribution in [0, 0.1) is 11.6 Å². The highest BCUT2D eigenvalue weighted by Crippen LogP contribution is 2.48. The highest BCUT2D eigenvalue weighted by atomic mass is 19.1. The number of hydrogen-bond donors (Lipinski definition) is 1. The monoisotopic (exact) mass is 287 g/mol. The molecule has 1 nitrogen and oxygen atoms in total. The third-order valence-corrected chi connectivity index (χ3v) is 4.74. The van der Waals surface area contributed by atoms with Gasteiger partial charge in [-0.25, -0.2) is 8.78 Å². The van der Waals surface area contributed by atoms with E-state index in [1.54, 1.807) is 0 Å². The van der Waals surface area contributed by atoms with Crippen molar-refractivity contribution in [2.45, 2.75) is 37.1 Å². The van der Waals surface area contributed by atoms with Gasteiger partial charge in [-0.15, -0.1) is 0 Å². The van der Waals surface area contributed by atoms with Crippen molar-refractivity contribution in [1.82, 2.24) is 0 Å². The molecule has 0 aliphatic heterocycles. The van der Waals surface area contributed by atoms with Crippen molar-refractivity contribution in [3.8, 4) is 0 Å². The van der Waals surface area contributed by atoms with Crippen LogP contribution in [-0.4, -0.2) is 0 Å². The molecule has 0 bridgehead atoms. The zero-order valence-electron chi connectivity index (χ0n) is 11.9.